The SMILES string of the molecule is C=Nc1cc(C)c(C)cc1NCCCNCCC1=NCC(C)S1. The van der Waals surface area contributed by atoms with Gasteiger partial charge in [0.2, 0.25) is 0 Å². The molecule has 5 heteroatoms. The van der Waals surface area contributed by atoms with Crippen molar-refractivity contribution < 1.29 is 0 Å². The Morgan fingerprint density at radius 2 is 2.04 bits per heavy atom. The Morgan fingerprint density at radius 3 is 2.74 bits per heavy atom. The molecule has 1 aromatic carbocycles. The Morgan fingerprint density at radius 1 is 1.26 bits per heavy atom. The third kappa shape index (κ3) is 5.66. The molecule has 1 heterocycles. The molecule has 0 bridgehead atoms. The van der Waals surface area contributed by atoms with Crippen LogP contribution in [0.3, 0.4) is 0 Å². The lowest BCUT2D eigenvalue weighted by atomic mass is 10.1. The Kier molecular flexibility index (Phi) is 7.12. The topological polar surface area (TPSA) is 48.8 Å². The molecule has 0 saturated carbocycles. The second-order valence-electron chi connectivity index (χ2n) is 6.05. The summed E-state index contributed by atoms with van der Waals surface area (Å²) in [5.74, 6) is 0. The molecule has 23 heavy (non-hydrogen) atoms. The Balaban J connectivity index is 1.62. The molecular weight excluding hydrogens is 304 g/mol. The predicted octanol–water partition coefficient (Wildman–Crippen LogP) is 3.95. The summed E-state index contributed by atoms with van der Waals surface area (Å²) in [6.07, 6.45) is 2.14. The van der Waals surface area contributed by atoms with Crippen molar-refractivity contribution in [2.45, 2.75) is 38.9 Å². The molecule has 126 valence electrons. The van der Waals surface area contributed by atoms with Gasteiger partial charge in [0.15, 0.2) is 0 Å². The number of anilines is 1. The molecule has 0 radical (unpaired) electrons. The van der Waals surface area contributed by atoms with E-state index in [0.29, 0.717) is 5.25 Å². The second kappa shape index (κ2) is 9.08. The molecule has 1 aliphatic rings. The maximum atomic E-state index is 4.54. The molecule has 2 rings (SSSR count). The van der Waals surface area contributed by atoms with Crippen LogP contribution in [-0.4, -0.2) is 43.2 Å². The van der Waals surface area contributed by atoms with Crippen LogP contribution in [0.5, 0.6) is 0 Å². The minimum Gasteiger partial charge on any atom is -0.383 e. The van der Waals surface area contributed by atoms with Gasteiger partial charge in [0.1, 0.15) is 0 Å². The molecule has 1 atom stereocenters. The van der Waals surface area contributed by atoms with E-state index in [4.69, 9.17) is 0 Å². The Bertz CT molecular complexity index is 568. The normalized spacial score (nSPS) is 17.2. The second-order valence-corrected chi connectivity index (χ2v) is 7.57. The fourth-order valence-electron chi connectivity index (χ4n) is 2.51. The van der Waals surface area contributed by atoms with Crippen molar-refractivity contribution in [3.63, 3.8) is 0 Å². The van der Waals surface area contributed by atoms with Crippen LogP contribution in [0.15, 0.2) is 22.1 Å². The molecular formula is C18H28N4S. The summed E-state index contributed by atoms with van der Waals surface area (Å²) in [5.41, 5.74) is 4.55. The first-order chi connectivity index (χ1) is 11.1. The minimum absolute atomic E-state index is 0.667. The fraction of sp³-hybridized carbons (Fsp3) is 0.556. The number of thioether (sulfide) groups is 1. The van der Waals surface area contributed by atoms with Gasteiger partial charge in [-0.15, -0.1) is 11.8 Å². The lowest BCUT2D eigenvalue weighted by molar-refractivity contribution is 0.674. The third-order valence-electron chi connectivity index (χ3n) is 4.01. The summed E-state index contributed by atoms with van der Waals surface area (Å²) in [7, 11) is 0. The number of nitrogens with zero attached hydrogens (tertiary/aromatic N) is 2. The van der Waals surface area contributed by atoms with Crippen LogP contribution >= 0.6 is 11.8 Å². The average Bonchev–Trinajstić information content (AvgIpc) is 2.94. The first-order valence-electron chi connectivity index (χ1n) is 8.32. The predicted molar refractivity (Wildman–Crippen MR) is 105 cm³/mol. The molecule has 1 aliphatic heterocycles. The number of benzene rings is 1. The zero-order valence-corrected chi connectivity index (χ0v) is 15.3. The lowest BCUT2D eigenvalue weighted by Crippen LogP contribution is -2.20. The number of aryl methyl sites for hydroxylation is 2. The number of rotatable bonds is 9. The van der Waals surface area contributed by atoms with Crippen molar-refractivity contribution in [2.75, 3.05) is 31.5 Å². The highest BCUT2D eigenvalue weighted by Crippen LogP contribution is 2.28. The van der Waals surface area contributed by atoms with Gasteiger partial charge in [-0.25, -0.2) is 0 Å². The van der Waals surface area contributed by atoms with Crippen LogP contribution < -0.4 is 10.6 Å². The highest BCUT2D eigenvalue weighted by atomic mass is 32.2. The van der Waals surface area contributed by atoms with Gasteiger partial charge in [-0.1, -0.05) is 6.92 Å². The zero-order chi connectivity index (χ0) is 16.7. The quantitative estimate of drug-likeness (QED) is 0.532. The highest BCUT2D eigenvalue weighted by molar-refractivity contribution is 8.14. The molecule has 0 aliphatic carbocycles. The van der Waals surface area contributed by atoms with Crippen molar-refractivity contribution in [3.8, 4) is 0 Å². The summed E-state index contributed by atoms with van der Waals surface area (Å²) < 4.78 is 0. The summed E-state index contributed by atoms with van der Waals surface area (Å²) >= 11 is 1.92. The van der Waals surface area contributed by atoms with Gasteiger partial charge >= 0.3 is 0 Å². The smallest absolute Gasteiger partial charge is 0.0856 e. The van der Waals surface area contributed by atoms with Gasteiger partial charge in [0.25, 0.3) is 0 Å². The van der Waals surface area contributed by atoms with Crippen LogP contribution in [0.25, 0.3) is 0 Å². The van der Waals surface area contributed by atoms with Crippen LogP contribution in [-0.2, 0) is 0 Å². The van der Waals surface area contributed by atoms with Crippen LogP contribution in [0.2, 0.25) is 0 Å². The summed E-state index contributed by atoms with van der Waals surface area (Å²) in [5, 5.41) is 8.93. The number of hydrogen-bond donors (Lipinski definition) is 2. The van der Waals surface area contributed by atoms with Crippen LogP contribution in [0.1, 0.15) is 30.9 Å². The Labute approximate surface area is 144 Å². The monoisotopic (exact) mass is 332 g/mol. The van der Waals surface area contributed by atoms with Crippen LogP contribution in [0, 0.1) is 13.8 Å². The third-order valence-corrected chi connectivity index (χ3v) is 5.16. The number of hydrogen-bond acceptors (Lipinski definition) is 5. The van der Waals surface area contributed by atoms with Gasteiger partial charge in [0.05, 0.1) is 23.0 Å². The van der Waals surface area contributed by atoms with E-state index >= 15 is 0 Å². The number of nitrogens with one attached hydrogen (secondary N) is 2. The van der Waals surface area contributed by atoms with Crippen molar-refractivity contribution in [1.29, 1.82) is 0 Å². The average molecular weight is 333 g/mol. The van der Waals surface area contributed by atoms with Gasteiger partial charge < -0.3 is 10.6 Å². The van der Waals surface area contributed by atoms with Crippen molar-refractivity contribution in [1.82, 2.24) is 5.32 Å². The van der Waals surface area contributed by atoms with E-state index in [-0.39, 0.29) is 0 Å². The molecule has 0 amide bonds. The molecule has 0 fully saturated rings. The largest absolute Gasteiger partial charge is 0.383 e. The molecule has 4 nitrogen and oxygen atoms in total. The summed E-state index contributed by atoms with van der Waals surface area (Å²) in [6.45, 7) is 14.1. The van der Waals surface area contributed by atoms with Gasteiger partial charge in [-0.2, -0.15) is 0 Å². The van der Waals surface area contributed by atoms with E-state index in [1.165, 1.54) is 16.2 Å². The Hall–Kier alpha value is -1.33. The molecule has 0 aromatic heterocycles. The molecule has 1 aromatic rings. The van der Waals surface area contributed by atoms with Crippen molar-refractivity contribution in [3.05, 3.63) is 23.3 Å². The molecule has 0 saturated heterocycles. The van der Waals surface area contributed by atoms with Crippen molar-refractivity contribution in [2.24, 2.45) is 9.98 Å². The van der Waals surface area contributed by atoms with E-state index in [1.54, 1.807) is 0 Å². The first kappa shape index (κ1) is 18.0. The van der Waals surface area contributed by atoms with E-state index in [9.17, 15) is 0 Å². The van der Waals surface area contributed by atoms with E-state index in [1.807, 2.05) is 11.8 Å². The lowest BCUT2D eigenvalue weighted by Gasteiger charge is -2.12. The van der Waals surface area contributed by atoms with Gasteiger partial charge in [0, 0.05) is 24.8 Å². The number of aliphatic imine (C=N–C) groups is 2. The maximum Gasteiger partial charge on any atom is 0.0856 e. The van der Waals surface area contributed by atoms with E-state index in [0.717, 1.165) is 50.4 Å². The minimum atomic E-state index is 0.667. The molecule has 0 spiro atoms. The zero-order valence-electron chi connectivity index (χ0n) is 14.5. The molecule has 1 unspecified atom stereocenters. The van der Waals surface area contributed by atoms with Gasteiger partial charge in [-0.05, 0) is 56.8 Å². The van der Waals surface area contributed by atoms with Crippen molar-refractivity contribution >= 4 is 34.9 Å². The first-order valence-corrected chi connectivity index (χ1v) is 9.20. The van der Waals surface area contributed by atoms with Crippen LogP contribution in [0.4, 0.5) is 11.4 Å². The standard InChI is InChI=1S/C18H28N4S/c1-13-10-16(19-4)17(11-14(13)2)21-8-5-7-20-9-6-18-22-12-15(3)23-18/h10-11,15,20-21H,4-9,12H2,1-3H3. The molecule has 2 N–H and O–H groups in total. The fourth-order valence-corrected chi connectivity index (χ4v) is 3.49. The van der Waals surface area contributed by atoms with E-state index in [2.05, 4.69) is 60.2 Å². The highest BCUT2D eigenvalue weighted by Gasteiger charge is 2.13. The van der Waals surface area contributed by atoms with E-state index < -0.39 is 0 Å². The maximum absolute atomic E-state index is 4.54. The van der Waals surface area contributed by atoms with Gasteiger partial charge in [-0.3, -0.25) is 9.98 Å². The summed E-state index contributed by atoms with van der Waals surface area (Å²) in [4.78, 5) is 8.64. The summed E-state index contributed by atoms with van der Waals surface area (Å²) in [6, 6.07) is 4.24.